The summed E-state index contributed by atoms with van der Waals surface area (Å²) in [5, 5.41) is 9.55. The second kappa shape index (κ2) is 9.32. The summed E-state index contributed by atoms with van der Waals surface area (Å²) >= 11 is 0. The number of aryl methyl sites for hydroxylation is 1. The molecule has 0 radical (unpaired) electrons. The van der Waals surface area contributed by atoms with Crippen LogP contribution in [0.25, 0.3) is 11.6 Å². The third kappa shape index (κ3) is 5.77. The van der Waals surface area contributed by atoms with Gasteiger partial charge in [-0.05, 0) is 59.5 Å². The molecule has 3 aromatic rings. The van der Waals surface area contributed by atoms with E-state index in [1.54, 1.807) is 54.9 Å². The molecule has 146 valence electrons. The van der Waals surface area contributed by atoms with Crippen LogP contribution in [0.5, 0.6) is 11.5 Å². The summed E-state index contributed by atoms with van der Waals surface area (Å²) in [6.45, 7) is 0. The van der Waals surface area contributed by atoms with Crippen molar-refractivity contribution in [3.8, 4) is 11.5 Å². The van der Waals surface area contributed by atoms with Crippen molar-refractivity contribution in [2.45, 2.75) is 12.8 Å². The minimum absolute atomic E-state index is 0.170. The van der Waals surface area contributed by atoms with Crippen LogP contribution in [-0.2, 0) is 16.0 Å². The molecule has 1 amide bonds. The van der Waals surface area contributed by atoms with E-state index < -0.39 is 5.97 Å². The highest BCUT2D eigenvalue weighted by molar-refractivity contribution is 6.20. The van der Waals surface area contributed by atoms with Gasteiger partial charge in [-0.3, -0.25) is 9.78 Å². The smallest absolute Gasteiger partial charge is 0.336 e. The molecule has 6 heteroatoms. The first-order chi connectivity index (χ1) is 14.0. The minimum Gasteiger partial charge on any atom is -0.478 e. The predicted molar refractivity (Wildman–Crippen MR) is 110 cm³/mol. The number of aromatic nitrogens is 1. The Kier molecular flexibility index (Phi) is 6.37. The zero-order valence-electron chi connectivity index (χ0n) is 15.6. The molecule has 1 aromatic heterocycles. The number of primary amides is 1. The first-order valence-corrected chi connectivity index (χ1v) is 9.02. The van der Waals surface area contributed by atoms with Crippen molar-refractivity contribution in [3.63, 3.8) is 0 Å². The Morgan fingerprint density at radius 1 is 1.00 bits per heavy atom. The van der Waals surface area contributed by atoms with Crippen molar-refractivity contribution in [1.29, 1.82) is 0 Å². The molecule has 0 saturated carbocycles. The lowest BCUT2D eigenvalue weighted by molar-refractivity contribution is -0.130. The molecule has 0 unspecified atom stereocenters. The molecule has 0 atom stereocenters. The molecule has 0 aliphatic rings. The van der Waals surface area contributed by atoms with E-state index in [2.05, 4.69) is 4.98 Å². The third-order valence-corrected chi connectivity index (χ3v) is 4.21. The lowest BCUT2D eigenvalue weighted by atomic mass is 10.0. The molecule has 1 heterocycles. The SMILES string of the molecule is NC(=O)CCc1ccc(Oc2ccc(/C(=C\c3cccnc3)C(=O)O)cc2)cc1. The van der Waals surface area contributed by atoms with Gasteiger partial charge in [0.15, 0.2) is 0 Å². The minimum atomic E-state index is -1.02. The highest BCUT2D eigenvalue weighted by atomic mass is 16.5. The Morgan fingerprint density at radius 2 is 1.66 bits per heavy atom. The fourth-order valence-electron chi connectivity index (χ4n) is 2.73. The Hall–Kier alpha value is -3.93. The number of benzene rings is 2. The fourth-order valence-corrected chi connectivity index (χ4v) is 2.73. The lowest BCUT2D eigenvalue weighted by Gasteiger charge is -2.08. The van der Waals surface area contributed by atoms with Crippen LogP contribution >= 0.6 is 0 Å². The number of nitrogens with zero attached hydrogens (tertiary/aromatic N) is 1. The van der Waals surface area contributed by atoms with Crippen LogP contribution in [-0.4, -0.2) is 22.0 Å². The van der Waals surface area contributed by atoms with Gasteiger partial charge in [0.25, 0.3) is 0 Å². The predicted octanol–water partition coefficient (Wildman–Crippen LogP) is 3.92. The summed E-state index contributed by atoms with van der Waals surface area (Å²) in [6, 6.07) is 17.8. The van der Waals surface area contributed by atoms with E-state index in [0.29, 0.717) is 35.5 Å². The van der Waals surface area contributed by atoms with Crippen molar-refractivity contribution in [2.24, 2.45) is 5.73 Å². The molecule has 0 aliphatic carbocycles. The number of pyridine rings is 1. The van der Waals surface area contributed by atoms with Gasteiger partial charge in [0.05, 0.1) is 5.57 Å². The van der Waals surface area contributed by atoms with Crippen LogP contribution in [0, 0.1) is 0 Å². The number of aliphatic carboxylic acids is 1. The Morgan fingerprint density at radius 3 is 2.21 bits per heavy atom. The lowest BCUT2D eigenvalue weighted by Crippen LogP contribution is -2.11. The van der Waals surface area contributed by atoms with E-state index in [1.807, 2.05) is 24.3 Å². The van der Waals surface area contributed by atoms with Gasteiger partial charge in [-0.2, -0.15) is 0 Å². The standard InChI is InChI=1S/C23H20N2O4/c24-22(26)12-5-16-3-8-19(9-4-16)29-20-10-6-18(7-11-20)21(23(27)28)14-17-2-1-13-25-15-17/h1-4,6-11,13-15H,5,12H2,(H2,24,26)(H,27,28)/b21-14+. The van der Waals surface area contributed by atoms with Gasteiger partial charge in [0.1, 0.15) is 11.5 Å². The number of hydrogen-bond acceptors (Lipinski definition) is 4. The van der Waals surface area contributed by atoms with Gasteiger partial charge in [0.2, 0.25) is 5.91 Å². The Balaban J connectivity index is 1.71. The summed E-state index contributed by atoms with van der Waals surface area (Å²) in [7, 11) is 0. The quantitative estimate of drug-likeness (QED) is 0.570. The number of amides is 1. The van der Waals surface area contributed by atoms with Crippen LogP contribution in [0.4, 0.5) is 0 Å². The van der Waals surface area contributed by atoms with Crippen molar-refractivity contribution >= 4 is 23.5 Å². The first-order valence-electron chi connectivity index (χ1n) is 9.02. The Labute approximate surface area is 168 Å². The van der Waals surface area contributed by atoms with Gasteiger partial charge in [0, 0.05) is 18.8 Å². The molecule has 0 fully saturated rings. The highest BCUT2D eigenvalue weighted by Gasteiger charge is 2.11. The highest BCUT2D eigenvalue weighted by Crippen LogP contribution is 2.25. The third-order valence-electron chi connectivity index (χ3n) is 4.21. The summed E-state index contributed by atoms with van der Waals surface area (Å²) in [5.41, 5.74) is 7.60. The monoisotopic (exact) mass is 388 g/mol. The molecule has 2 aromatic carbocycles. The van der Waals surface area contributed by atoms with Crippen molar-refractivity contribution in [3.05, 3.63) is 89.7 Å². The number of carbonyl (C=O) groups is 2. The van der Waals surface area contributed by atoms with Gasteiger partial charge in [-0.25, -0.2) is 4.79 Å². The molecule has 0 saturated heterocycles. The van der Waals surface area contributed by atoms with Gasteiger partial charge in [-0.1, -0.05) is 30.3 Å². The van der Waals surface area contributed by atoms with Crippen molar-refractivity contribution < 1.29 is 19.4 Å². The molecule has 0 spiro atoms. The van der Waals surface area contributed by atoms with E-state index in [4.69, 9.17) is 10.5 Å². The second-order valence-corrected chi connectivity index (χ2v) is 6.39. The zero-order chi connectivity index (χ0) is 20.6. The van der Waals surface area contributed by atoms with Crippen LogP contribution in [0.15, 0.2) is 73.1 Å². The number of nitrogens with two attached hydrogens (primary N) is 1. The van der Waals surface area contributed by atoms with E-state index in [0.717, 1.165) is 5.56 Å². The van der Waals surface area contributed by atoms with Crippen LogP contribution in [0.2, 0.25) is 0 Å². The van der Waals surface area contributed by atoms with Gasteiger partial charge < -0.3 is 15.6 Å². The summed E-state index contributed by atoms with van der Waals surface area (Å²) in [5.74, 6) is -0.118. The maximum atomic E-state index is 11.7. The normalized spacial score (nSPS) is 11.1. The van der Waals surface area contributed by atoms with E-state index in [1.165, 1.54) is 0 Å². The topological polar surface area (TPSA) is 103 Å². The van der Waals surface area contributed by atoms with Crippen LogP contribution in [0.1, 0.15) is 23.1 Å². The summed E-state index contributed by atoms with van der Waals surface area (Å²) in [6.07, 6.45) is 5.71. The number of rotatable bonds is 8. The largest absolute Gasteiger partial charge is 0.478 e. The number of carboxylic acid groups (broad SMARTS) is 1. The maximum Gasteiger partial charge on any atom is 0.336 e. The maximum absolute atomic E-state index is 11.7. The number of hydrogen-bond donors (Lipinski definition) is 2. The number of carboxylic acids is 1. The van der Waals surface area contributed by atoms with Crippen LogP contribution in [0.3, 0.4) is 0 Å². The van der Waals surface area contributed by atoms with Crippen molar-refractivity contribution in [1.82, 2.24) is 4.98 Å². The summed E-state index contributed by atoms with van der Waals surface area (Å²) in [4.78, 5) is 26.5. The van der Waals surface area contributed by atoms with Crippen LogP contribution < -0.4 is 10.5 Å². The van der Waals surface area contributed by atoms with Crippen molar-refractivity contribution in [2.75, 3.05) is 0 Å². The second-order valence-electron chi connectivity index (χ2n) is 6.39. The average Bonchev–Trinajstić information content (AvgIpc) is 2.73. The number of ether oxygens (including phenoxy) is 1. The summed E-state index contributed by atoms with van der Waals surface area (Å²) < 4.78 is 5.80. The molecule has 29 heavy (non-hydrogen) atoms. The fraction of sp³-hybridized carbons (Fsp3) is 0.0870. The average molecular weight is 388 g/mol. The van der Waals surface area contributed by atoms with E-state index in [-0.39, 0.29) is 11.5 Å². The molecule has 3 N–H and O–H groups in total. The van der Waals surface area contributed by atoms with Gasteiger partial charge >= 0.3 is 5.97 Å². The molecule has 6 nitrogen and oxygen atoms in total. The molecular weight excluding hydrogens is 368 g/mol. The number of carbonyl (C=O) groups excluding carboxylic acids is 1. The van der Waals surface area contributed by atoms with Gasteiger partial charge in [-0.15, -0.1) is 0 Å². The first kappa shape index (κ1) is 19.8. The zero-order valence-corrected chi connectivity index (χ0v) is 15.6. The van der Waals surface area contributed by atoms with E-state index >= 15 is 0 Å². The molecule has 3 rings (SSSR count). The molecular formula is C23H20N2O4. The molecule has 0 aliphatic heterocycles. The Bertz CT molecular complexity index is 1010. The molecule has 0 bridgehead atoms. The van der Waals surface area contributed by atoms with E-state index in [9.17, 15) is 14.7 Å².